The van der Waals surface area contributed by atoms with Crippen molar-refractivity contribution in [2.75, 3.05) is 19.6 Å². The van der Waals surface area contributed by atoms with Gasteiger partial charge in [-0.1, -0.05) is 24.3 Å². The third-order valence-electron chi connectivity index (χ3n) is 5.76. The number of aromatic nitrogens is 2. The molecule has 0 bridgehead atoms. The Morgan fingerprint density at radius 1 is 1.24 bits per heavy atom. The molecule has 1 fully saturated rings. The molecule has 132 valence electrons. The summed E-state index contributed by atoms with van der Waals surface area (Å²) in [5, 5.41) is 7.13. The first kappa shape index (κ1) is 16.3. The van der Waals surface area contributed by atoms with E-state index in [0.29, 0.717) is 5.92 Å². The summed E-state index contributed by atoms with van der Waals surface area (Å²) in [5.41, 5.74) is 3.94. The number of aromatic amines is 1. The Hall–Kier alpha value is -2.14. The molecule has 0 saturated carbocycles. The van der Waals surface area contributed by atoms with Crippen LogP contribution in [0.1, 0.15) is 42.5 Å². The Kier molecular flexibility index (Phi) is 4.57. The van der Waals surface area contributed by atoms with Gasteiger partial charge in [0.25, 0.3) is 0 Å². The number of rotatable bonds is 3. The van der Waals surface area contributed by atoms with Crippen molar-refractivity contribution in [2.45, 2.75) is 44.7 Å². The van der Waals surface area contributed by atoms with Gasteiger partial charge in [0.2, 0.25) is 5.91 Å². The third-order valence-corrected chi connectivity index (χ3v) is 5.76. The van der Waals surface area contributed by atoms with Crippen molar-refractivity contribution in [1.29, 1.82) is 0 Å². The maximum absolute atomic E-state index is 13.1. The smallest absolute Gasteiger partial charge is 0.239 e. The third kappa shape index (κ3) is 3.33. The molecule has 1 saturated heterocycles. The molecule has 1 aromatic heterocycles. The minimum atomic E-state index is -0.0612. The van der Waals surface area contributed by atoms with Crippen LogP contribution in [0.2, 0.25) is 0 Å². The van der Waals surface area contributed by atoms with Crippen LogP contribution in [0.5, 0.6) is 0 Å². The average molecular weight is 338 g/mol. The van der Waals surface area contributed by atoms with Crippen LogP contribution >= 0.6 is 0 Å². The molecule has 25 heavy (non-hydrogen) atoms. The van der Waals surface area contributed by atoms with Crippen LogP contribution in [0.25, 0.3) is 0 Å². The second-order valence-corrected chi connectivity index (χ2v) is 7.30. The molecule has 4 rings (SSSR count). The van der Waals surface area contributed by atoms with Gasteiger partial charge in [-0.3, -0.25) is 14.8 Å². The first-order chi connectivity index (χ1) is 12.2. The monoisotopic (exact) mass is 338 g/mol. The number of H-pyrrole nitrogens is 1. The average Bonchev–Trinajstić information content (AvgIpc) is 3.21. The first-order valence-electron chi connectivity index (χ1n) is 9.31. The number of hydrogen-bond donors (Lipinski definition) is 1. The summed E-state index contributed by atoms with van der Waals surface area (Å²) < 4.78 is 0. The van der Waals surface area contributed by atoms with Gasteiger partial charge in [-0.2, -0.15) is 5.10 Å². The van der Waals surface area contributed by atoms with Gasteiger partial charge in [-0.05, 0) is 43.4 Å². The number of nitrogens with zero attached hydrogens (tertiary/aromatic N) is 3. The van der Waals surface area contributed by atoms with Gasteiger partial charge in [-0.25, -0.2) is 0 Å². The van der Waals surface area contributed by atoms with Crippen molar-refractivity contribution in [1.82, 2.24) is 20.0 Å². The van der Waals surface area contributed by atoms with Crippen molar-refractivity contribution >= 4 is 5.91 Å². The number of likely N-dealkylation sites (tertiary alicyclic amines) is 1. The Morgan fingerprint density at radius 2 is 2.08 bits per heavy atom. The summed E-state index contributed by atoms with van der Waals surface area (Å²) in [5.74, 6) is 0.651. The van der Waals surface area contributed by atoms with Gasteiger partial charge in [0.05, 0.1) is 6.04 Å². The van der Waals surface area contributed by atoms with E-state index in [1.54, 1.807) is 6.20 Å². The summed E-state index contributed by atoms with van der Waals surface area (Å²) in [6, 6.07) is 10.6. The maximum Gasteiger partial charge on any atom is 0.239 e. The SMILES string of the molecule is C[C@H](C(=O)N1CCC[C@@H](c2ccn[nH]2)C1)N1CCc2ccccc2C1. The maximum atomic E-state index is 13.1. The Morgan fingerprint density at radius 3 is 2.88 bits per heavy atom. The molecule has 1 N–H and O–H groups in total. The Balaban J connectivity index is 1.42. The highest BCUT2D eigenvalue weighted by Gasteiger charge is 2.32. The van der Waals surface area contributed by atoms with Crippen LogP contribution in [0, 0.1) is 0 Å². The van der Waals surface area contributed by atoms with Gasteiger partial charge in [0.15, 0.2) is 0 Å². The van der Waals surface area contributed by atoms with Crippen LogP contribution in [-0.4, -0.2) is 51.6 Å². The zero-order valence-corrected chi connectivity index (χ0v) is 14.8. The van der Waals surface area contributed by atoms with Gasteiger partial charge in [0.1, 0.15) is 0 Å². The van der Waals surface area contributed by atoms with Crippen LogP contribution in [0.15, 0.2) is 36.5 Å². The van der Waals surface area contributed by atoms with Crippen molar-refractivity contribution < 1.29 is 4.79 Å². The zero-order chi connectivity index (χ0) is 17.2. The molecule has 0 spiro atoms. The first-order valence-corrected chi connectivity index (χ1v) is 9.31. The highest BCUT2D eigenvalue weighted by atomic mass is 16.2. The molecule has 0 radical (unpaired) electrons. The van der Waals surface area contributed by atoms with Gasteiger partial charge < -0.3 is 4.90 Å². The van der Waals surface area contributed by atoms with Crippen LogP contribution in [0.3, 0.4) is 0 Å². The molecular weight excluding hydrogens is 312 g/mol. The van der Waals surface area contributed by atoms with E-state index in [9.17, 15) is 4.79 Å². The standard InChI is InChI=1S/C20H26N4O/c1-15(23-12-9-16-5-2-3-6-17(16)13-23)20(25)24-11-4-7-18(14-24)19-8-10-21-22-19/h2-3,5-6,8,10,15,18H,4,7,9,11-14H2,1H3,(H,21,22)/t15-,18-/m1/s1. The highest BCUT2D eigenvalue weighted by molar-refractivity contribution is 5.81. The van der Waals surface area contributed by atoms with Gasteiger partial charge in [-0.15, -0.1) is 0 Å². The topological polar surface area (TPSA) is 52.2 Å². The molecular formula is C20H26N4O. The lowest BCUT2D eigenvalue weighted by Crippen LogP contribution is -2.50. The largest absolute Gasteiger partial charge is 0.341 e. The molecule has 1 aromatic carbocycles. The van der Waals surface area contributed by atoms with Crippen molar-refractivity contribution in [3.63, 3.8) is 0 Å². The predicted octanol–water partition coefficient (Wildman–Crippen LogP) is 2.56. The van der Waals surface area contributed by atoms with E-state index in [2.05, 4.69) is 51.2 Å². The summed E-state index contributed by atoms with van der Waals surface area (Å²) in [4.78, 5) is 17.5. The van der Waals surface area contributed by atoms with Gasteiger partial charge >= 0.3 is 0 Å². The summed E-state index contributed by atoms with van der Waals surface area (Å²) >= 11 is 0. The van der Waals surface area contributed by atoms with Crippen LogP contribution < -0.4 is 0 Å². The summed E-state index contributed by atoms with van der Waals surface area (Å²) in [6.45, 7) is 5.58. The Labute approximate surface area is 149 Å². The molecule has 5 heteroatoms. The molecule has 2 aliphatic rings. The van der Waals surface area contributed by atoms with E-state index in [1.165, 1.54) is 11.1 Å². The number of fused-ring (bicyclic) bond motifs is 1. The second kappa shape index (κ2) is 7.00. The van der Waals surface area contributed by atoms with E-state index < -0.39 is 0 Å². The zero-order valence-electron chi connectivity index (χ0n) is 14.8. The fraction of sp³-hybridized carbons (Fsp3) is 0.500. The molecule has 2 aromatic rings. The van der Waals surface area contributed by atoms with E-state index >= 15 is 0 Å². The predicted molar refractivity (Wildman–Crippen MR) is 97.2 cm³/mol. The second-order valence-electron chi connectivity index (χ2n) is 7.30. The molecule has 2 atom stereocenters. The molecule has 3 heterocycles. The lowest BCUT2D eigenvalue weighted by molar-refractivity contribution is -0.138. The van der Waals surface area contributed by atoms with E-state index in [-0.39, 0.29) is 11.9 Å². The Bertz CT molecular complexity index is 727. The van der Waals surface area contributed by atoms with E-state index in [0.717, 1.165) is 51.1 Å². The summed E-state index contributed by atoms with van der Waals surface area (Å²) in [7, 11) is 0. The van der Waals surface area contributed by atoms with Crippen molar-refractivity contribution in [3.05, 3.63) is 53.3 Å². The molecule has 1 amide bonds. The van der Waals surface area contributed by atoms with Crippen LogP contribution in [0.4, 0.5) is 0 Å². The van der Waals surface area contributed by atoms with Crippen molar-refractivity contribution in [3.8, 4) is 0 Å². The minimum Gasteiger partial charge on any atom is -0.341 e. The fourth-order valence-corrected chi connectivity index (χ4v) is 4.19. The number of carbonyl (C=O) groups is 1. The van der Waals surface area contributed by atoms with Gasteiger partial charge in [0, 0.05) is 44.0 Å². The summed E-state index contributed by atoms with van der Waals surface area (Å²) in [6.07, 6.45) is 5.01. The number of piperidine rings is 1. The number of carbonyl (C=O) groups excluding carboxylic acids is 1. The molecule has 0 unspecified atom stereocenters. The quantitative estimate of drug-likeness (QED) is 0.936. The number of hydrogen-bond acceptors (Lipinski definition) is 3. The van der Waals surface area contributed by atoms with E-state index in [1.807, 2.05) is 6.07 Å². The normalized spacial score (nSPS) is 22.4. The number of benzene rings is 1. The highest BCUT2D eigenvalue weighted by Crippen LogP contribution is 2.27. The van der Waals surface area contributed by atoms with Crippen LogP contribution in [-0.2, 0) is 17.8 Å². The fourth-order valence-electron chi connectivity index (χ4n) is 4.19. The lowest BCUT2D eigenvalue weighted by atomic mass is 9.94. The minimum absolute atomic E-state index is 0.0612. The lowest BCUT2D eigenvalue weighted by Gasteiger charge is -2.38. The molecule has 5 nitrogen and oxygen atoms in total. The molecule has 2 aliphatic heterocycles. The number of nitrogens with one attached hydrogen (secondary N) is 1. The van der Waals surface area contributed by atoms with E-state index in [4.69, 9.17) is 0 Å². The number of amides is 1. The van der Waals surface area contributed by atoms with Crippen molar-refractivity contribution in [2.24, 2.45) is 0 Å². The molecule has 0 aliphatic carbocycles.